The average molecular weight is 322 g/mol. The second-order valence-electron chi connectivity index (χ2n) is 6.17. The maximum Gasteiger partial charge on any atom is 0.303 e. The molecule has 0 saturated heterocycles. The second-order valence-corrected chi connectivity index (χ2v) is 6.17. The molecule has 2 aromatic carbocycles. The van der Waals surface area contributed by atoms with E-state index in [0.717, 1.165) is 30.6 Å². The number of esters is 1. The number of aliphatic imine (C=N–C) groups is 1. The minimum atomic E-state index is -0.232. The van der Waals surface area contributed by atoms with Crippen molar-refractivity contribution in [2.24, 2.45) is 4.99 Å². The number of nitrogens with zero attached hydrogens (tertiary/aromatic N) is 2. The Balaban J connectivity index is 1.68. The third kappa shape index (κ3) is 4.02. The van der Waals surface area contributed by atoms with E-state index in [9.17, 15) is 4.79 Å². The first kappa shape index (κ1) is 16.2. The van der Waals surface area contributed by atoms with Crippen LogP contribution in [-0.2, 0) is 22.5 Å². The van der Waals surface area contributed by atoms with Crippen molar-refractivity contribution in [1.82, 2.24) is 4.90 Å². The van der Waals surface area contributed by atoms with E-state index in [0.29, 0.717) is 0 Å². The molecule has 0 heterocycles. The van der Waals surface area contributed by atoms with Crippen molar-refractivity contribution in [3.63, 3.8) is 0 Å². The molecule has 0 bridgehead atoms. The van der Waals surface area contributed by atoms with Crippen LogP contribution in [-0.4, -0.2) is 24.3 Å². The molecular formula is C20H22N2O2. The first-order chi connectivity index (χ1) is 11.6. The molecule has 4 heteroatoms. The van der Waals surface area contributed by atoms with Gasteiger partial charge in [-0.05, 0) is 41.7 Å². The number of ether oxygens (including phenoxy) is 1. The predicted octanol–water partition coefficient (Wildman–Crippen LogP) is 4.03. The fraction of sp³-hybridized carbons (Fsp3) is 0.300. The van der Waals surface area contributed by atoms with E-state index in [4.69, 9.17) is 4.74 Å². The molecule has 124 valence electrons. The normalized spacial score (nSPS) is 16.2. The molecule has 0 saturated carbocycles. The quantitative estimate of drug-likeness (QED) is 0.474. The van der Waals surface area contributed by atoms with Crippen LogP contribution in [0.5, 0.6) is 0 Å². The largest absolute Gasteiger partial charge is 0.458 e. The van der Waals surface area contributed by atoms with Gasteiger partial charge in [0.25, 0.3) is 0 Å². The van der Waals surface area contributed by atoms with Gasteiger partial charge in [0.1, 0.15) is 6.10 Å². The molecule has 1 aliphatic carbocycles. The number of hydrogen-bond donors (Lipinski definition) is 0. The van der Waals surface area contributed by atoms with Gasteiger partial charge in [0.15, 0.2) is 0 Å². The maximum absolute atomic E-state index is 11.2. The van der Waals surface area contributed by atoms with Gasteiger partial charge in [-0.3, -0.25) is 4.79 Å². The zero-order valence-corrected chi connectivity index (χ0v) is 14.1. The van der Waals surface area contributed by atoms with Crippen LogP contribution in [0.1, 0.15) is 36.1 Å². The molecule has 0 N–H and O–H groups in total. The summed E-state index contributed by atoms with van der Waals surface area (Å²) in [6.07, 6.45) is 3.51. The lowest BCUT2D eigenvalue weighted by Gasteiger charge is -2.14. The summed E-state index contributed by atoms with van der Waals surface area (Å²) in [6, 6.07) is 16.4. The lowest BCUT2D eigenvalue weighted by atomic mass is 10.1. The summed E-state index contributed by atoms with van der Waals surface area (Å²) in [5.74, 6) is -0.232. The van der Waals surface area contributed by atoms with Crippen LogP contribution in [0.2, 0.25) is 0 Å². The lowest BCUT2D eigenvalue weighted by Crippen LogP contribution is -2.15. The first-order valence-corrected chi connectivity index (χ1v) is 8.20. The first-order valence-electron chi connectivity index (χ1n) is 8.20. The van der Waals surface area contributed by atoms with Gasteiger partial charge in [0, 0.05) is 20.5 Å². The van der Waals surface area contributed by atoms with Gasteiger partial charge in [0.2, 0.25) is 0 Å². The van der Waals surface area contributed by atoms with Gasteiger partial charge in [-0.25, -0.2) is 4.99 Å². The predicted molar refractivity (Wildman–Crippen MR) is 95.3 cm³/mol. The zero-order chi connectivity index (χ0) is 16.9. The topological polar surface area (TPSA) is 41.9 Å². The Morgan fingerprint density at radius 3 is 2.83 bits per heavy atom. The minimum absolute atomic E-state index is 0.130. The number of fused-ring (bicyclic) bond motifs is 1. The average Bonchev–Trinajstić information content (AvgIpc) is 2.96. The van der Waals surface area contributed by atoms with Crippen LogP contribution in [0.15, 0.2) is 53.5 Å². The van der Waals surface area contributed by atoms with Crippen LogP contribution in [0.25, 0.3) is 0 Å². The summed E-state index contributed by atoms with van der Waals surface area (Å²) in [6.45, 7) is 2.27. The molecule has 24 heavy (non-hydrogen) atoms. The molecule has 0 spiro atoms. The molecule has 3 rings (SSSR count). The summed E-state index contributed by atoms with van der Waals surface area (Å²) in [5, 5.41) is 0. The van der Waals surface area contributed by atoms with Crippen LogP contribution in [0.4, 0.5) is 5.69 Å². The molecule has 0 aliphatic heterocycles. The van der Waals surface area contributed by atoms with Crippen LogP contribution in [0.3, 0.4) is 0 Å². The Morgan fingerprint density at radius 1 is 1.29 bits per heavy atom. The number of carbonyl (C=O) groups excluding carboxylic acids is 1. The molecule has 1 atom stereocenters. The minimum Gasteiger partial charge on any atom is -0.458 e. The van der Waals surface area contributed by atoms with E-state index < -0.39 is 0 Å². The van der Waals surface area contributed by atoms with Crippen LogP contribution >= 0.6 is 0 Å². The Bertz CT molecular complexity index is 741. The van der Waals surface area contributed by atoms with E-state index >= 15 is 0 Å². The number of hydrogen-bond acceptors (Lipinski definition) is 3. The molecule has 0 amide bonds. The zero-order valence-electron chi connectivity index (χ0n) is 14.1. The van der Waals surface area contributed by atoms with E-state index in [1.165, 1.54) is 18.1 Å². The van der Waals surface area contributed by atoms with Gasteiger partial charge in [-0.2, -0.15) is 0 Å². The summed E-state index contributed by atoms with van der Waals surface area (Å²) in [5.41, 5.74) is 4.46. The molecular weight excluding hydrogens is 300 g/mol. The number of aryl methyl sites for hydroxylation is 1. The third-order valence-electron chi connectivity index (χ3n) is 4.14. The molecule has 1 unspecified atom stereocenters. The highest BCUT2D eigenvalue weighted by atomic mass is 16.5. The molecule has 1 aliphatic rings. The Labute approximate surface area is 142 Å². The highest BCUT2D eigenvalue weighted by molar-refractivity contribution is 5.67. The maximum atomic E-state index is 11.2. The van der Waals surface area contributed by atoms with E-state index in [1.54, 1.807) is 0 Å². The number of benzene rings is 2. The van der Waals surface area contributed by atoms with Crippen molar-refractivity contribution in [1.29, 1.82) is 0 Å². The molecule has 2 aromatic rings. The molecule has 4 nitrogen and oxygen atoms in total. The van der Waals surface area contributed by atoms with E-state index in [2.05, 4.69) is 23.2 Å². The standard InChI is InChI=1S/C20H22N2O2/c1-15(23)24-20-11-9-17-8-10-18(12-19(17)20)21-14-22(2)13-16-6-4-3-5-7-16/h3-8,10,12,14,20H,9,11,13H2,1-2H3/b21-14+. The summed E-state index contributed by atoms with van der Waals surface area (Å²) < 4.78 is 5.40. The number of rotatable bonds is 5. The van der Waals surface area contributed by atoms with Crippen molar-refractivity contribution in [3.05, 3.63) is 65.2 Å². The Morgan fingerprint density at radius 2 is 2.08 bits per heavy atom. The van der Waals surface area contributed by atoms with Crippen molar-refractivity contribution in [2.45, 2.75) is 32.4 Å². The summed E-state index contributed by atoms with van der Waals surface area (Å²) in [7, 11) is 2.01. The van der Waals surface area contributed by atoms with Crippen LogP contribution < -0.4 is 0 Å². The second kappa shape index (κ2) is 7.30. The van der Waals surface area contributed by atoms with E-state index in [-0.39, 0.29) is 12.1 Å². The van der Waals surface area contributed by atoms with Gasteiger partial charge in [-0.1, -0.05) is 36.4 Å². The van der Waals surface area contributed by atoms with Crippen LogP contribution in [0, 0.1) is 0 Å². The van der Waals surface area contributed by atoms with Crippen molar-refractivity contribution < 1.29 is 9.53 Å². The Kier molecular flexibility index (Phi) is 4.94. The van der Waals surface area contributed by atoms with Gasteiger partial charge >= 0.3 is 5.97 Å². The third-order valence-corrected chi connectivity index (χ3v) is 4.14. The summed E-state index contributed by atoms with van der Waals surface area (Å²) >= 11 is 0. The molecule has 0 aromatic heterocycles. The van der Waals surface area contributed by atoms with Crippen molar-refractivity contribution >= 4 is 18.0 Å². The molecule has 0 fully saturated rings. The highest BCUT2D eigenvalue weighted by Gasteiger charge is 2.25. The number of carbonyl (C=O) groups is 1. The van der Waals surface area contributed by atoms with Gasteiger partial charge in [-0.15, -0.1) is 0 Å². The SMILES string of the molecule is CC(=O)OC1CCc2ccc(/N=C/N(C)Cc3ccccc3)cc21. The monoisotopic (exact) mass is 322 g/mol. The summed E-state index contributed by atoms with van der Waals surface area (Å²) in [4.78, 5) is 17.8. The smallest absolute Gasteiger partial charge is 0.303 e. The fourth-order valence-corrected chi connectivity index (χ4v) is 3.03. The highest BCUT2D eigenvalue weighted by Crippen LogP contribution is 2.36. The lowest BCUT2D eigenvalue weighted by molar-refractivity contribution is -0.146. The fourth-order valence-electron chi connectivity index (χ4n) is 3.03. The molecule has 0 radical (unpaired) electrons. The van der Waals surface area contributed by atoms with Gasteiger partial charge in [0.05, 0.1) is 12.0 Å². The van der Waals surface area contributed by atoms with Crippen molar-refractivity contribution in [2.75, 3.05) is 7.05 Å². The van der Waals surface area contributed by atoms with Crippen molar-refractivity contribution in [3.8, 4) is 0 Å². The van der Waals surface area contributed by atoms with Gasteiger partial charge < -0.3 is 9.64 Å². The Hall–Kier alpha value is -2.62. The van der Waals surface area contributed by atoms with E-state index in [1.807, 2.05) is 48.6 Å².